The number of aromatic nitrogens is 2. The maximum atomic E-state index is 12.2. The number of rotatable bonds is 8. The van der Waals surface area contributed by atoms with Crippen molar-refractivity contribution < 1.29 is 19.5 Å². The van der Waals surface area contributed by atoms with Gasteiger partial charge in [0.25, 0.3) is 0 Å². The molecular weight excluding hydrogens is 336 g/mol. The number of carbonyl (C=O) groups excluding carboxylic acids is 2. The normalized spacial score (nSPS) is 13.2. The second kappa shape index (κ2) is 7.81. The SMILES string of the molecule is O=C(CCCNC(=O)C1CC1)Nc1ccccc1-n1ccc(C(=O)O)n1. The summed E-state index contributed by atoms with van der Waals surface area (Å²) in [5, 5.41) is 18.6. The molecule has 0 aliphatic heterocycles. The van der Waals surface area contributed by atoms with Crippen molar-refractivity contribution in [1.29, 1.82) is 0 Å². The van der Waals surface area contributed by atoms with Gasteiger partial charge < -0.3 is 15.7 Å². The topological polar surface area (TPSA) is 113 Å². The second-order valence-corrected chi connectivity index (χ2v) is 6.18. The van der Waals surface area contributed by atoms with Gasteiger partial charge in [0, 0.05) is 25.1 Å². The fourth-order valence-electron chi connectivity index (χ4n) is 2.51. The van der Waals surface area contributed by atoms with Gasteiger partial charge in [-0.05, 0) is 37.5 Å². The van der Waals surface area contributed by atoms with Crippen molar-refractivity contribution in [3.63, 3.8) is 0 Å². The van der Waals surface area contributed by atoms with E-state index in [-0.39, 0.29) is 29.8 Å². The van der Waals surface area contributed by atoms with Gasteiger partial charge in [0.1, 0.15) is 0 Å². The van der Waals surface area contributed by atoms with Crippen LogP contribution in [0.2, 0.25) is 0 Å². The third kappa shape index (κ3) is 4.47. The molecule has 136 valence electrons. The number of aromatic carboxylic acids is 1. The third-order valence-corrected chi connectivity index (χ3v) is 4.06. The summed E-state index contributed by atoms with van der Waals surface area (Å²) in [6.45, 7) is 0.478. The summed E-state index contributed by atoms with van der Waals surface area (Å²) in [6.07, 6.45) is 4.28. The minimum Gasteiger partial charge on any atom is -0.476 e. The van der Waals surface area contributed by atoms with Gasteiger partial charge in [0.05, 0.1) is 11.4 Å². The highest BCUT2D eigenvalue weighted by Crippen LogP contribution is 2.28. The van der Waals surface area contributed by atoms with E-state index in [0.29, 0.717) is 24.3 Å². The van der Waals surface area contributed by atoms with Crippen LogP contribution in [0.15, 0.2) is 36.5 Å². The number of amides is 2. The minimum atomic E-state index is -1.11. The Balaban J connectivity index is 1.56. The molecule has 1 aromatic carbocycles. The third-order valence-electron chi connectivity index (χ3n) is 4.06. The molecule has 0 atom stereocenters. The maximum Gasteiger partial charge on any atom is 0.356 e. The number of nitrogens with zero attached hydrogens (tertiary/aromatic N) is 2. The molecule has 26 heavy (non-hydrogen) atoms. The summed E-state index contributed by atoms with van der Waals surface area (Å²) in [6, 6.07) is 8.41. The molecule has 1 aliphatic rings. The van der Waals surface area contributed by atoms with Crippen LogP contribution in [0.25, 0.3) is 5.69 Å². The van der Waals surface area contributed by atoms with Crippen molar-refractivity contribution >= 4 is 23.5 Å². The van der Waals surface area contributed by atoms with Crippen LogP contribution < -0.4 is 10.6 Å². The van der Waals surface area contributed by atoms with Crippen LogP contribution in [0.3, 0.4) is 0 Å². The van der Waals surface area contributed by atoms with Gasteiger partial charge in [-0.3, -0.25) is 9.59 Å². The first kappa shape index (κ1) is 17.7. The fourth-order valence-corrected chi connectivity index (χ4v) is 2.51. The molecule has 1 aromatic heterocycles. The summed E-state index contributed by atoms with van der Waals surface area (Å²) < 4.78 is 1.41. The van der Waals surface area contributed by atoms with E-state index in [1.807, 2.05) is 0 Å². The zero-order valence-corrected chi connectivity index (χ0v) is 14.1. The summed E-state index contributed by atoms with van der Waals surface area (Å²) in [4.78, 5) is 34.7. The van der Waals surface area contributed by atoms with E-state index in [1.54, 1.807) is 24.3 Å². The lowest BCUT2D eigenvalue weighted by molar-refractivity contribution is -0.122. The number of benzene rings is 1. The van der Waals surface area contributed by atoms with Crippen LogP contribution >= 0.6 is 0 Å². The van der Waals surface area contributed by atoms with Gasteiger partial charge in [-0.15, -0.1) is 0 Å². The first-order chi connectivity index (χ1) is 12.5. The largest absolute Gasteiger partial charge is 0.476 e. The molecule has 2 aromatic rings. The monoisotopic (exact) mass is 356 g/mol. The highest BCUT2D eigenvalue weighted by atomic mass is 16.4. The molecule has 8 nitrogen and oxygen atoms in total. The molecule has 8 heteroatoms. The highest BCUT2D eigenvalue weighted by molar-refractivity contribution is 5.93. The maximum absolute atomic E-state index is 12.2. The number of para-hydroxylation sites is 2. The first-order valence-corrected chi connectivity index (χ1v) is 8.50. The van der Waals surface area contributed by atoms with Crippen molar-refractivity contribution in [2.75, 3.05) is 11.9 Å². The number of anilines is 1. The van der Waals surface area contributed by atoms with Gasteiger partial charge in [-0.25, -0.2) is 9.48 Å². The summed E-state index contributed by atoms with van der Waals surface area (Å²) in [5.74, 6) is -1.05. The molecule has 3 N–H and O–H groups in total. The summed E-state index contributed by atoms with van der Waals surface area (Å²) in [7, 11) is 0. The number of carboxylic acids is 1. The molecule has 1 aliphatic carbocycles. The van der Waals surface area contributed by atoms with Crippen LogP contribution in [0.5, 0.6) is 0 Å². The van der Waals surface area contributed by atoms with Crippen molar-refractivity contribution in [1.82, 2.24) is 15.1 Å². The van der Waals surface area contributed by atoms with Gasteiger partial charge in [0.2, 0.25) is 11.8 Å². The molecule has 0 unspecified atom stereocenters. The molecule has 3 rings (SSSR count). The van der Waals surface area contributed by atoms with Crippen LogP contribution in [-0.2, 0) is 9.59 Å². The predicted molar refractivity (Wildman–Crippen MR) is 94.1 cm³/mol. The molecule has 0 saturated heterocycles. The Kier molecular flexibility index (Phi) is 5.31. The Morgan fingerprint density at radius 3 is 2.65 bits per heavy atom. The molecule has 0 bridgehead atoms. The van der Waals surface area contributed by atoms with Gasteiger partial charge in [0.15, 0.2) is 5.69 Å². The van der Waals surface area contributed by atoms with Crippen molar-refractivity contribution in [3.8, 4) is 5.69 Å². The van der Waals surface area contributed by atoms with Crippen LogP contribution in [0.1, 0.15) is 36.2 Å². The van der Waals surface area contributed by atoms with Crippen LogP contribution in [0, 0.1) is 5.92 Å². The first-order valence-electron chi connectivity index (χ1n) is 8.50. The van der Waals surface area contributed by atoms with Crippen molar-refractivity contribution in [2.45, 2.75) is 25.7 Å². The van der Waals surface area contributed by atoms with E-state index in [2.05, 4.69) is 15.7 Å². The minimum absolute atomic E-state index is 0.0717. The van der Waals surface area contributed by atoms with E-state index in [1.165, 1.54) is 16.9 Å². The number of carbonyl (C=O) groups is 3. The Labute approximate surface area is 150 Å². The summed E-state index contributed by atoms with van der Waals surface area (Å²) >= 11 is 0. The Morgan fingerprint density at radius 2 is 1.96 bits per heavy atom. The van der Waals surface area contributed by atoms with Gasteiger partial charge in [-0.2, -0.15) is 5.10 Å². The Morgan fingerprint density at radius 1 is 1.19 bits per heavy atom. The van der Waals surface area contributed by atoms with E-state index < -0.39 is 5.97 Å². The van der Waals surface area contributed by atoms with Crippen LogP contribution in [0.4, 0.5) is 5.69 Å². The number of carboxylic acid groups (broad SMARTS) is 1. The summed E-state index contributed by atoms with van der Waals surface area (Å²) in [5.41, 5.74) is 1.05. The average Bonchev–Trinajstić information content (AvgIpc) is 3.36. The quantitative estimate of drug-likeness (QED) is 0.624. The van der Waals surface area contributed by atoms with E-state index in [9.17, 15) is 14.4 Å². The van der Waals surface area contributed by atoms with Gasteiger partial charge >= 0.3 is 5.97 Å². The van der Waals surface area contributed by atoms with E-state index >= 15 is 0 Å². The molecule has 1 heterocycles. The lowest BCUT2D eigenvalue weighted by atomic mass is 10.2. The molecule has 1 fully saturated rings. The number of hydrogen-bond donors (Lipinski definition) is 3. The number of nitrogens with one attached hydrogen (secondary N) is 2. The highest BCUT2D eigenvalue weighted by Gasteiger charge is 2.29. The van der Waals surface area contributed by atoms with Crippen LogP contribution in [-0.4, -0.2) is 39.2 Å². The second-order valence-electron chi connectivity index (χ2n) is 6.18. The van der Waals surface area contributed by atoms with Gasteiger partial charge in [-0.1, -0.05) is 12.1 Å². The number of hydrogen-bond acceptors (Lipinski definition) is 4. The predicted octanol–water partition coefficient (Wildman–Crippen LogP) is 1.82. The molecule has 0 radical (unpaired) electrons. The van der Waals surface area contributed by atoms with E-state index in [4.69, 9.17) is 5.11 Å². The van der Waals surface area contributed by atoms with E-state index in [0.717, 1.165) is 12.8 Å². The zero-order valence-electron chi connectivity index (χ0n) is 14.1. The lowest BCUT2D eigenvalue weighted by Crippen LogP contribution is -2.26. The van der Waals surface area contributed by atoms with Crippen molar-refractivity contribution in [3.05, 3.63) is 42.2 Å². The average molecular weight is 356 g/mol. The smallest absolute Gasteiger partial charge is 0.356 e. The molecular formula is C18H20N4O4. The lowest BCUT2D eigenvalue weighted by Gasteiger charge is -2.11. The molecule has 2 amide bonds. The Bertz CT molecular complexity index is 826. The van der Waals surface area contributed by atoms with Crippen molar-refractivity contribution in [2.24, 2.45) is 5.92 Å². The zero-order chi connectivity index (χ0) is 18.5. The fraction of sp³-hybridized carbons (Fsp3) is 0.333. The molecule has 0 spiro atoms. The molecule has 1 saturated carbocycles. The Hall–Kier alpha value is -3.16. The standard InChI is InChI=1S/C18H20N4O4/c23-16(6-3-10-19-17(24)12-7-8-12)20-13-4-1-2-5-15(13)22-11-9-14(21-22)18(25)26/h1-2,4-5,9,11-12H,3,6-8,10H2,(H,19,24)(H,20,23)(H,25,26).